The Labute approximate surface area is 122 Å². The first-order valence-electron chi connectivity index (χ1n) is 5.79. The monoisotopic (exact) mass is 309 g/mol. The molecule has 20 heavy (non-hydrogen) atoms. The fourth-order valence-corrected chi connectivity index (χ4v) is 2.82. The summed E-state index contributed by atoms with van der Waals surface area (Å²) < 4.78 is 14.1. The summed E-state index contributed by atoms with van der Waals surface area (Å²) in [6.07, 6.45) is 3.03. The van der Waals surface area contributed by atoms with Crippen LogP contribution in [0.5, 0.6) is 0 Å². The van der Waals surface area contributed by atoms with Gasteiger partial charge in [0.2, 0.25) is 0 Å². The Morgan fingerprint density at radius 3 is 3.10 bits per heavy atom. The second-order valence-electron chi connectivity index (χ2n) is 4.11. The molecule has 0 fully saturated rings. The van der Waals surface area contributed by atoms with Gasteiger partial charge in [0.05, 0.1) is 23.8 Å². The first-order valence-corrected chi connectivity index (χ1v) is 6.98. The number of halogens is 2. The molecule has 0 aliphatic heterocycles. The summed E-state index contributed by atoms with van der Waals surface area (Å²) in [4.78, 5) is 18.9. The van der Waals surface area contributed by atoms with Gasteiger partial charge >= 0.3 is 0 Å². The maximum absolute atomic E-state index is 13.5. The minimum atomic E-state index is -0.381. The van der Waals surface area contributed by atoms with Crippen molar-refractivity contribution in [3.8, 4) is 0 Å². The maximum atomic E-state index is 13.5. The molecule has 4 nitrogen and oxygen atoms in total. The number of para-hydroxylation sites is 1. The van der Waals surface area contributed by atoms with Crippen molar-refractivity contribution in [3.05, 3.63) is 51.3 Å². The quantitative estimate of drug-likeness (QED) is 0.779. The standard InChI is InChI=1S/C13H9ClFN3OS/c14-10-5-16-11(20-10)6-18-13(19)8-4-17-12-7(8)2-1-3-9(12)15/h1-5,17H,6H2,(H,18,19). The topological polar surface area (TPSA) is 57.8 Å². The zero-order valence-electron chi connectivity index (χ0n) is 10.1. The molecule has 2 heterocycles. The Hall–Kier alpha value is -1.92. The number of hydrogen-bond donors (Lipinski definition) is 2. The molecule has 0 spiro atoms. The van der Waals surface area contributed by atoms with Crippen molar-refractivity contribution >= 4 is 39.7 Å². The summed E-state index contributed by atoms with van der Waals surface area (Å²) >= 11 is 7.07. The molecule has 2 N–H and O–H groups in total. The Bertz CT molecular complexity index is 783. The van der Waals surface area contributed by atoms with E-state index in [2.05, 4.69) is 15.3 Å². The van der Waals surface area contributed by atoms with E-state index < -0.39 is 0 Å². The molecular weight excluding hydrogens is 301 g/mol. The molecule has 0 bridgehead atoms. The van der Waals surface area contributed by atoms with E-state index >= 15 is 0 Å². The third-order valence-electron chi connectivity index (χ3n) is 2.83. The summed E-state index contributed by atoms with van der Waals surface area (Å²) in [5.74, 6) is -0.665. The van der Waals surface area contributed by atoms with Crippen LogP contribution >= 0.6 is 22.9 Å². The molecule has 2 aromatic heterocycles. The van der Waals surface area contributed by atoms with Crippen molar-refractivity contribution in [3.63, 3.8) is 0 Å². The molecule has 102 valence electrons. The van der Waals surface area contributed by atoms with Crippen LogP contribution in [0.15, 0.2) is 30.6 Å². The van der Waals surface area contributed by atoms with E-state index in [1.807, 2.05) is 0 Å². The lowest BCUT2D eigenvalue weighted by Gasteiger charge is -2.01. The summed E-state index contributed by atoms with van der Waals surface area (Å²) in [6, 6.07) is 4.62. The van der Waals surface area contributed by atoms with Gasteiger partial charge in [0, 0.05) is 11.6 Å². The number of carbonyl (C=O) groups excluding carboxylic acids is 1. The number of aromatic amines is 1. The highest BCUT2D eigenvalue weighted by atomic mass is 35.5. The lowest BCUT2D eigenvalue weighted by atomic mass is 10.1. The number of benzene rings is 1. The lowest BCUT2D eigenvalue weighted by molar-refractivity contribution is 0.0952. The average Bonchev–Trinajstić information content (AvgIpc) is 3.03. The van der Waals surface area contributed by atoms with Crippen LogP contribution in [-0.2, 0) is 6.54 Å². The van der Waals surface area contributed by atoms with Crippen molar-refractivity contribution < 1.29 is 9.18 Å². The largest absolute Gasteiger partial charge is 0.358 e. The number of hydrogen-bond acceptors (Lipinski definition) is 3. The van der Waals surface area contributed by atoms with Crippen LogP contribution in [0.25, 0.3) is 10.9 Å². The number of nitrogens with one attached hydrogen (secondary N) is 2. The van der Waals surface area contributed by atoms with E-state index in [9.17, 15) is 9.18 Å². The summed E-state index contributed by atoms with van der Waals surface area (Å²) in [6.45, 7) is 0.290. The van der Waals surface area contributed by atoms with Crippen LogP contribution in [0.4, 0.5) is 4.39 Å². The molecule has 0 aliphatic rings. The molecule has 1 aromatic carbocycles. The van der Waals surface area contributed by atoms with E-state index in [0.29, 0.717) is 20.8 Å². The highest BCUT2D eigenvalue weighted by molar-refractivity contribution is 7.15. The zero-order chi connectivity index (χ0) is 14.1. The molecule has 3 rings (SSSR count). The average molecular weight is 310 g/mol. The molecule has 0 aliphatic carbocycles. The zero-order valence-corrected chi connectivity index (χ0v) is 11.7. The molecule has 0 saturated carbocycles. The van der Waals surface area contributed by atoms with Crippen molar-refractivity contribution in [2.45, 2.75) is 6.54 Å². The number of amides is 1. The Morgan fingerprint density at radius 2 is 2.35 bits per heavy atom. The van der Waals surface area contributed by atoms with Gasteiger partial charge in [-0.25, -0.2) is 9.37 Å². The van der Waals surface area contributed by atoms with Crippen LogP contribution in [0.1, 0.15) is 15.4 Å². The molecule has 0 atom stereocenters. The minimum Gasteiger partial charge on any atom is -0.358 e. The van der Waals surface area contributed by atoms with E-state index in [0.717, 1.165) is 5.01 Å². The Kier molecular flexibility index (Phi) is 3.42. The summed E-state index contributed by atoms with van der Waals surface area (Å²) in [5, 5.41) is 4.01. The summed E-state index contributed by atoms with van der Waals surface area (Å²) in [5.41, 5.74) is 0.733. The van der Waals surface area contributed by atoms with Gasteiger partial charge in [-0.1, -0.05) is 23.7 Å². The van der Waals surface area contributed by atoms with Crippen LogP contribution < -0.4 is 5.32 Å². The third kappa shape index (κ3) is 2.39. The third-order valence-corrected chi connectivity index (χ3v) is 3.95. The molecule has 0 unspecified atom stereocenters. The Morgan fingerprint density at radius 1 is 1.50 bits per heavy atom. The van der Waals surface area contributed by atoms with Crippen molar-refractivity contribution in [2.75, 3.05) is 0 Å². The predicted octanol–water partition coefficient (Wildman–Crippen LogP) is 3.35. The number of carbonyl (C=O) groups is 1. The number of aromatic nitrogens is 2. The van der Waals surface area contributed by atoms with Gasteiger partial charge in [0.25, 0.3) is 5.91 Å². The maximum Gasteiger partial charge on any atom is 0.253 e. The predicted molar refractivity (Wildman–Crippen MR) is 76.6 cm³/mol. The molecule has 0 radical (unpaired) electrons. The normalized spacial score (nSPS) is 10.9. The fraction of sp³-hybridized carbons (Fsp3) is 0.0769. The van der Waals surface area contributed by atoms with Crippen LogP contribution in [0.2, 0.25) is 4.34 Å². The molecule has 7 heteroatoms. The number of H-pyrrole nitrogens is 1. The van der Waals surface area contributed by atoms with Gasteiger partial charge in [-0.2, -0.15) is 0 Å². The van der Waals surface area contributed by atoms with E-state index in [1.165, 1.54) is 29.8 Å². The van der Waals surface area contributed by atoms with Gasteiger partial charge in [-0.3, -0.25) is 4.79 Å². The van der Waals surface area contributed by atoms with Gasteiger partial charge in [0.15, 0.2) is 0 Å². The van der Waals surface area contributed by atoms with Crippen molar-refractivity contribution in [2.24, 2.45) is 0 Å². The second-order valence-corrected chi connectivity index (χ2v) is 5.85. The van der Waals surface area contributed by atoms with Crippen molar-refractivity contribution in [1.29, 1.82) is 0 Å². The Balaban J connectivity index is 1.80. The van der Waals surface area contributed by atoms with Gasteiger partial charge in [-0.05, 0) is 6.07 Å². The van der Waals surface area contributed by atoms with Gasteiger partial charge in [0.1, 0.15) is 15.2 Å². The molecule has 3 aromatic rings. The molecular formula is C13H9ClFN3OS. The first-order chi connectivity index (χ1) is 9.65. The van der Waals surface area contributed by atoms with Crippen LogP contribution in [0, 0.1) is 5.82 Å². The van der Waals surface area contributed by atoms with Gasteiger partial charge < -0.3 is 10.3 Å². The van der Waals surface area contributed by atoms with E-state index in [-0.39, 0.29) is 18.3 Å². The second kappa shape index (κ2) is 5.22. The van der Waals surface area contributed by atoms with Crippen molar-refractivity contribution in [1.82, 2.24) is 15.3 Å². The summed E-state index contributed by atoms with van der Waals surface area (Å²) in [7, 11) is 0. The molecule has 0 saturated heterocycles. The SMILES string of the molecule is O=C(NCc1ncc(Cl)s1)c1c[nH]c2c(F)cccc12. The van der Waals surface area contributed by atoms with E-state index in [1.54, 1.807) is 12.1 Å². The smallest absolute Gasteiger partial charge is 0.253 e. The van der Waals surface area contributed by atoms with Crippen LogP contribution in [-0.4, -0.2) is 15.9 Å². The number of rotatable bonds is 3. The highest BCUT2D eigenvalue weighted by Gasteiger charge is 2.14. The number of thiazole rings is 1. The fourth-order valence-electron chi connectivity index (χ4n) is 1.93. The lowest BCUT2D eigenvalue weighted by Crippen LogP contribution is -2.22. The van der Waals surface area contributed by atoms with Crippen LogP contribution in [0.3, 0.4) is 0 Å². The molecule has 1 amide bonds. The highest BCUT2D eigenvalue weighted by Crippen LogP contribution is 2.21. The number of nitrogens with zero attached hydrogens (tertiary/aromatic N) is 1. The van der Waals surface area contributed by atoms with E-state index in [4.69, 9.17) is 11.6 Å². The number of fused-ring (bicyclic) bond motifs is 1. The van der Waals surface area contributed by atoms with Gasteiger partial charge in [-0.15, -0.1) is 11.3 Å². The minimum absolute atomic E-state index is 0.284. The first kappa shape index (κ1) is 13.1.